The summed E-state index contributed by atoms with van der Waals surface area (Å²) in [5, 5.41) is 0. The Morgan fingerprint density at radius 2 is 2.00 bits per heavy atom. The minimum Gasteiger partial charge on any atom is -0.548 e. The lowest BCUT2D eigenvalue weighted by atomic mass is 11.0. The average molecular weight is 143 g/mol. The predicted molar refractivity (Wildman–Crippen MR) is 43.1 cm³/mol. The fraction of sp³-hybridized carbons (Fsp3) is 0.500. The van der Waals surface area contributed by atoms with Gasteiger partial charge in [0.2, 0.25) is 8.32 Å². The second kappa shape index (κ2) is 3.45. The zero-order chi connectivity index (χ0) is 7.33. The highest BCUT2D eigenvalue weighted by Crippen LogP contribution is 2.01. The Bertz CT molecular complexity index is 115. The molecule has 0 saturated carbocycles. The van der Waals surface area contributed by atoms with Gasteiger partial charge in [0.25, 0.3) is 0 Å². The summed E-state index contributed by atoms with van der Waals surface area (Å²) in [7, 11) is -1.37. The third-order valence-electron chi connectivity index (χ3n) is 0.588. The van der Waals surface area contributed by atoms with Gasteiger partial charge in [0.1, 0.15) is 0 Å². The average Bonchev–Trinajstić information content (AvgIpc) is 1.63. The van der Waals surface area contributed by atoms with Gasteiger partial charge in [-0.15, -0.1) is 0 Å². The summed E-state index contributed by atoms with van der Waals surface area (Å²) >= 11 is 0. The molecule has 2 nitrogen and oxygen atoms in total. The SMILES string of the molecule is C=NC=CO[Si](C)(C)C. The maximum absolute atomic E-state index is 5.29. The standard InChI is InChI=1S/C6H13NOSi/c1-7-5-6-8-9(2,3)4/h5-6H,1H2,2-4H3. The summed E-state index contributed by atoms with van der Waals surface area (Å²) in [6.45, 7) is 9.61. The third kappa shape index (κ3) is 7.43. The van der Waals surface area contributed by atoms with Gasteiger partial charge in [-0.05, 0) is 26.4 Å². The van der Waals surface area contributed by atoms with Crippen LogP contribution in [0.5, 0.6) is 0 Å². The van der Waals surface area contributed by atoms with E-state index in [0.29, 0.717) is 0 Å². The summed E-state index contributed by atoms with van der Waals surface area (Å²) < 4.78 is 5.29. The van der Waals surface area contributed by atoms with Crippen molar-refractivity contribution in [3.05, 3.63) is 12.5 Å². The predicted octanol–water partition coefficient (Wildman–Crippen LogP) is 2.01. The Balaban J connectivity index is 3.50. The van der Waals surface area contributed by atoms with Crippen molar-refractivity contribution in [3.8, 4) is 0 Å². The highest BCUT2D eigenvalue weighted by molar-refractivity contribution is 6.69. The van der Waals surface area contributed by atoms with Crippen LogP contribution in [0.2, 0.25) is 19.6 Å². The molecule has 0 rings (SSSR count). The first-order valence-electron chi connectivity index (χ1n) is 2.85. The second-order valence-corrected chi connectivity index (χ2v) is 7.16. The third-order valence-corrected chi connectivity index (χ3v) is 1.43. The quantitative estimate of drug-likeness (QED) is 0.336. The van der Waals surface area contributed by atoms with Gasteiger partial charge in [-0.2, -0.15) is 0 Å². The first-order chi connectivity index (χ1) is 4.06. The van der Waals surface area contributed by atoms with Gasteiger partial charge in [0.05, 0.1) is 12.5 Å². The molecule has 0 spiro atoms. The molecule has 0 fully saturated rings. The van der Waals surface area contributed by atoms with Gasteiger partial charge < -0.3 is 4.43 Å². The van der Waals surface area contributed by atoms with E-state index < -0.39 is 8.32 Å². The van der Waals surface area contributed by atoms with Crippen molar-refractivity contribution in [1.29, 1.82) is 0 Å². The summed E-state index contributed by atoms with van der Waals surface area (Å²) in [4.78, 5) is 3.51. The molecule has 0 aliphatic heterocycles. The highest BCUT2D eigenvalue weighted by atomic mass is 28.4. The monoisotopic (exact) mass is 143 g/mol. The van der Waals surface area contributed by atoms with Crippen molar-refractivity contribution in [2.75, 3.05) is 0 Å². The van der Waals surface area contributed by atoms with Crippen molar-refractivity contribution in [1.82, 2.24) is 0 Å². The van der Waals surface area contributed by atoms with E-state index in [9.17, 15) is 0 Å². The largest absolute Gasteiger partial charge is 0.548 e. The van der Waals surface area contributed by atoms with Gasteiger partial charge >= 0.3 is 0 Å². The normalized spacial score (nSPS) is 11.9. The van der Waals surface area contributed by atoms with Crippen LogP contribution in [0.3, 0.4) is 0 Å². The maximum atomic E-state index is 5.29. The van der Waals surface area contributed by atoms with Crippen molar-refractivity contribution in [2.45, 2.75) is 19.6 Å². The Labute approximate surface area is 57.4 Å². The topological polar surface area (TPSA) is 21.6 Å². The fourth-order valence-corrected chi connectivity index (χ4v) is 0.747. The summed E-state index contributed by atoms with van der Waals surface area (Å²) in [5.74, 6) is 0. The van der Waals surface area contributed by atoms with Crippen LogP contribution in [0, 0.1) is 0 Å². The van der Waals surface area contributed by atoms with Crippen LogP contribution in [0.15, 0.2) is 17.5 Å². The van der Waals surface area contributed by atoms with Crippen molar-refractivity contribution in [3.63, 3.8) is 0 Å². The van der Waals surface area contributed by atoms with Gasteiger partial charge in [-0.1, -0.05) is 0 Å². The zero-order valence-corrected chi connectivity index (χ0v) is 7.22. The van der Waals surface area contributed by atoms with Crippen LogP contribution in [-0.2, 0) is 4.43 Å². The minimum atomic E-state index is -1.37. The summed E-state index contributed by atoms with van der Waals surface area (Å²) in [6.07, 6.45) is 3.15. The van der Waals surface area contributed by atoms with Gasteiger partial charge in [-0.3, -0.25) is 4.99 Å². The van der Waals surface area contributed by atoms with Gasteiger partial charge in [0, 0.05) is 0 Å². The zero-order valence-electron chi connectivity index (χ0n) is 6.22. The maximum Gasteiger partial charge on any atom is 0.241 e. The molecule has 0 aromatic heterocycles. The number of hydrogen-bond acceptors (Lipinski definition) is 2. The van der Waals surface area contributed by atoms with Crippen molar-refractivity contribution in [2.24, 2.45) is 4.99 Å². The summed E-state index contributed by atoms with van der Waals surface area (Å²) in [5.41, 5.74) is 0. The molecule has 0 N–H and O–H groups in total. The number of aliphatic imine (C=N–C) groups is 1. The molecule has 0 amide bonds. The number of rotatable bonds is 3. The molecule has 9 heavy (non-hydrogen) atoms. The Morgan fingerprint density at radius 1 is 1.44 bits per heavy atom. The van der Waals surface area contributed by atoms with Crippen molar-refractivity contribution < 1.29 is 4.43 Å². The lowest BCUT2D eigenvalue weighted by molar-refractivity contribution is 0.478. The minimum absolute atomic E-state index is 1.37. The second-order valence-electron chi connectivity index (χ2n) is 2.70. The molecule has 0 saturated heterocycles. The first kappa shape index (κ1) is 8.43. The molecule has 0 unspecified atom stereocenters. The Hall–Kier alpha value is -0.573. The molecular formula is C6H13NOSi. The van der Waals surface area contributed by atoms with Gasteiger partial charge in [0.15, 0.2) is 0 Å². The molecule has 0 aromatic carbocycles. The van der Waals surface area contributed by atoms with Crippen LogP contribution in [0.25, 0.3) is 0 Å². The van der Waals surface area contributed by atoms with E-state index in [1.807, 2.05) is 0 Å². The lowest BCUT2D eigenvalue weighted by Gasteiger charge is -2.13. The van der Waals surface area contributed by atoms with E-state index in [1.165, 1.54) is 0 Å². The van der Waals surface area contributed by atoms with E-state index in [-0.39, 0.29) is 0 Å². The van der Waals surface area contributed by atoms with E-state index in [4.69, 9.17) is 4.43 Å². The lowest BCUT2D eigenvalue weighted by Crippen LogP contribution is -2.21. The van der Waals surface area contributed by atoms with Crippen LogP contribution in [-0.4, -0.2) is 15.0 Å². The molecule has 52 valence electrons. The van der Waals surface area contributed by atoms with E-state index in [0.717, 1.165) is 0 Å². The number of nitrogens with zero attached hydrogens (tertiary/aromatic N) is 1. The van der Waals surface area contributed by atoms with E-state index in [2.05, 4.69) is 31.4 Å². The highest BCUT2D eigenvalue weighted by Gasteiger charge is 2.12. The fourth-order valence-electron chi connectivity index (χ4n) is 0.278. The molecule has 0 bridgehead atoms. The van der Waals surface area contributed by atoms with Crippen molar-refractivity contribution >= 4 is 15.0 Å². The molecule has 0 heterocycles. The Morgan fingerprint density at radius 3 is 2.33 bits per heavy atom. The Kier molecular flexibility index (Phi) is 3.23. The number of hydrogen-bond donors (Lipinski definition) is 0. The molecule has 0 atom stereocenters. The smallest absolute Gasteiger partial charge is 0.241 e. The van der Waals surface area contributed by atoms with Crippen LogP contribution in [0.4, 0.5) is 0 Å². The molecular weight excluding hydrogens is 130 g/mol. The molecule has 0 radical (unpaired) electrons. The van der Waals surface area contributed by atoms with E-state index >= 15 is 0 Å². The van der Waals surface area contributed by atoms with Crippen LogP contribution < -0.4 is 0 Å². The molecule has 0 aromatic rings. The first-order valence-corrected chi connectivity index (χ1v) is 6.26. The molecule has 3 heteroatoms. The summed E-state index contributed by atoms with van der Waals surface area (Å²) in [6, 6.07) is 0. The molecule has 0 aliphatic rings. The molecule has 0 aliphatic carbocycles. The van der Waals surface area contributed by atoms with Crippen LogP contribution >= 0.6 is 0 Å². The van der Waals surface area contributed by atoms with E-state index in [1.54, 1.807) is 12.5 Å². The van der Waals surface area contributed by atoms with Crippen LogP contribution in [0.1, 0.15) is 0 Å². The van der Waals surface area contributed by atoms with Gasteiger partial charge in [-0.25, -0.2) is 0 Å².